The highest BCUT2D eigenvalue weighted by Gasteiger charge is 2.22. The van der Waals surface area contributed by atoms with Crippen LogP contribution in [0.5, 0.6) is 0 Å². The lowest BCUT2D eigenvalue weighted by Crippen LogP contribution is -2.23. The molecule has 6 nitrogen and oxygen atoms in total. The van der Waals surface area contributed by atoms with Gasteiger partial charge in [-0.3, -0.25) is 9.59 Å². The van der Waals surface area contributed by atoms with Gasteiger partial charge in [0.15, 0.2) is 5.78 Å². The molecule has 1 saturated heterocycles. The summed E-state index contributed by atoms with van der Waals surface area (Å²) < 4.78 is 5.72. The average Bonchev–Trinajstić information content (AvgIpc) is 3.41. The van der Waals surface area contributed by atoms with E-state index in [1.807, 2.05) is 24.3 Å². The maximum absolute atomic E-state index is 12.5. The van der Waals surface area contributed by atoms with E-state index in [1.54, 1.807) is 17.0 Å². The van der Waals surface area contributed by atoms with E-state index in [0.717, 1.165) is 24.2 Å². The molecule has 31 heavy (non-hydrogen) atoms. The van der Waals surface area contributed by atoms with Crippen molar-refractivity contribution in [1.29, 1.82) is 0 Å². The molecular formula is C24H25N3O3S. The number of carbonyl (C=O) groups is 2. The lowest BCUT2D eigenvalue weighted by molar-refractivity contribution is -0.117. The largest absolute Gasteiger partial charge is 0.411 e. The molecule has 0 N–H and O–H groups in total. The van der Waals surface area contributed by atoms with Gasteiger partial charge in [0.2, 0.25) is 11.8 Å². The molecule has 1 amide bonds. The molecule has 0 unspecified atom stereocenters. The third-order valence-corrected chi connectivity index (χ3v) is 6.12. The predicted molar refractivity (Wildman–Crippen MR) is 122 cm³/mol. The first-order valence-electron chi connectivity index (χ1n) is 10.3. The summed E-state index contributed by atoms with van der Waals surface area (Å²) in [6, 6.07) is 15.3. The standard InChI is InChI=1S/C24H25N3O3S/c1-24(2,3)18-10-6-17(7-11-18)22-25-26-23(30-22)31-15-20(28)16-8-12-19(13-9-16)27-14-4-5-21(27)29/h6-13H,4-5,14-15H2,1-3H3. The number of nitrogens with zero attached hydrogens (tertiary/aromatic N) is 3. The molecule has 2 aromatic carbocycles. The Bertz CT molecular complexity index is 1080. The number of hydrogen-bond donors (Lipinski definition) is 0. The average molecular weight is 436 g/mol. The second kappa shape index (κ2) is 8.67. The second-order valence-electron chi connectivity index (χ2n) is 8.61. The fourth-order valence-corrected chi connectivity index (χ4v) is 4.11. The Morgan fingerprint density at radius 1 is 1.06 bits per heavy atom. The molecule has 0 saturated carbocycles. The predicted octanol–water partition coefficient (Wildman–Crippen LogP) is 5.14. The van der Waals surface area contributed by atoms with Crippen LogP contribution in [0, 0.1) is 0 Å². The second-order valence-corrected chi connectivity index (χ2v) is 9.53. The molecule has 0 atom stereocenters. The van der Waals surface area contributed by atoms with Gasteiger partial charge in [-0.05, 0) is 53.8 Å². The lowest BCUT2D eigenvalue weighted by atomic mass is 9.87. The molecule has 1 aromatic heterocycles. The fourth-order valence-electron chi connectivity index (χ4n) is 3.46. The highest BCUT2D eigenvalue weighted by atomic mass is 32.2. The SMILES string of the molecule is CC(C)(C)c1ccc(-c2nnc(SCC(=O)c3ccc(N4CCCC4=O)cc3)o2)cc1. The third-order valence-electron chi connectivity index (χ3n) is 5.31. The summed E-state index contributed by atoms with van der Waals surface area (Å²) in [5.41, 5.74) is 3.60. The number of aromatic nitrogens is 2. The van der Waals surface area contributed by atoms with Gasteiger partial charge in [0.25, 0.3) is 5.22 Å². The van der Waals surface area contributed by atoms with E-state index < -0.39 is 0 Å². The van der Waals surface area contributed by atoms with Gasteiger partial charge in [0.05, 0.1) is 5.75 Å². The van der Waals surface area contributed by atoms with Crippen molar-refractivity contribution in [1.82, 2.24) is 10.2 Å². The number of Topliss-reactive ketones (excluding diaryl/α,β-unsaturated/α-hetero) is 1. The third kappa shape index (κ3) is 4.88. The summed E-state index contributed by atoms with van der Waals surface area (Å²) >= 11 is 1.22. The van der Waals surface area contributed by atoms with Gasteiger partial charge < -0.3 is 9.32 Å². The van der Waals surface area contributed by atoms with Crippen LogP contribution in [0.15, 0.2) is 58.2 Å². The molecule has 0 radical (unpaired) electrons. The van der Waals surface area contributed by atoms with Crippen LogP contribution in [0.3, 0.4) is 0 Å². The smallest absolute Gasteiger partial charge is 0.277 e. The van der Waals surface area contributed by atoms with Crippen molar-refractivity contribution in [2.45, 2.75) is 44.3 Å². The van der Waals surface area contributed by atoms with Crippen molar-refractivity contribution in [3.63, 3.8) is 0 Å². The normalized spacial score (nSPS) is 14.3. The van der Waals surface area contributed by atoms with E-state index in [2.05, 4.69) is 43.1 Å². The van der Waals surface area contributed by atoms with Crippen LogP contribution >= 0.6 is 11.8 Å². The van der Waals surface area contributed by atoms with Crippen LogP contribution in [0.1, 0.15) is 49.5 Å². The van der Waals surface area contributed by atoms with Gasteiger partial charge in [-0.1, -0.05) is 44.7 Å². The first-order chi connectivity index (χ1) is 14.8. The minimum atomic E-state index is -0.0291. The van der Waals surface area contributed by atoms with Gasteiger partial charge >= 0.3 is 0 Å². The summed E-state index contributed by atoms with van der Waals surface area (Å²) in [5, 5.41) is 8.52. The van der Waals surface area contributed by atoms with Gasteiger partial charge in [-0.15, -0.1) is 10.2 Å². The number of carbonyl (C=O) groups excluding carboxylic acids is 2. The van der Waals surface area contributed by atoms with E-state index in [1.165, 1.54) is 17.3 Å². The van der Waals surface area contributed by atoms with Crippen LogP contribution in [0.4, 0.5) is 5.69 Å². The molecule has 1 aliphatic heterocycles. The molecular weight excluding hydrogens is 410 g/mol. The van der Waals surface area contributed by atoms with E-state index in [9.17, 15) is 9.59 Å². The number of rotatable bonds is 6. The van der Waals surface area contributed by atoms with Crippen LogP contribution in [-0.4, -0.2) is 34.2 Å². The van der Waals surface area contributed by atoms with Gasteiger partial charge in [0.1, 0.15) is 0 Å². The number of benzene rings is 2. The van der Waals surface area contributed by atoms with Crippen LogP contribution < -0.4 is 4.90 Å². The highest BCUT2D eigenvalue weighted by molar-refractivity contribution is 7.99. The van der Waals surface area contributed by atoms with Crippen molar-refractivity contribution < 1.29 is 14.0 Å². The zero-order chi connectivity index (χ0) is 22.0. The Morgan fingerprint density at radius 2 is 1.77 bits per heavy atom. The van der Waals surface area contributed by atoms with Crippen molar-refractivity contribution in [2.24, 2.45) is 0 Å². The summed E-state index contributed by atoms with van der Waals surface area (Å²) in [6.45, 7) is 7.24. The summed E-state index contributed by atoms with van der Waals surface area (Å²) in [7, 11) is 0. The summed E-state index contributed by atoms with van der Waals surface area (Å²) in [4.78, 5) is 26.1. The number of anilines is 1. The molecule has 160 valence electrons. The van der Waals surface area contributed by atoms with E-state index >= 15 is 0 Å². The van der Waals surface area contributed by atoms with Gasteiger partial charge in [-0.2, -0.15) is 0 Å². The number of hydrogen-bond acceptors (Lipinski definition) is 6. The van der Waals surface area contributed by atoms with E-state index in [0.29, 0.717) is 23.1 Å². The maximum atomic E-state index is 12.5. The fraction of sp³-hybridized carbons (Fsp3) is 0.333. The summed E-state index contributed by atoms with van der Waals surface area (Å²) in [5.74, 6) is 0.746. The van der Waals surface area contributed by atoms with E-state index in [-0.39, 0.29) is 22.9 Å². The number of ketones is 1. The summed E-state index contributed by atoms with van der Waals surface area (Å²) in [6.07, 6.45) is 1.47. The zero-order valence-corrected chi connectivity index (χ0v) is 18.7. The monoisotopic (exact) mass is 435 g/mol. The quantitative estimate of drug-likeness (QED) is 0.394. The Balaban J connectivity index is 1.36. The Kier molecular flexibility index (Phi) is 5.96. The Labute approximate surface area is 186 Å². The highest BCUT2D eigenvalue weighted by Crippen LogP contribution is 2.28. The van der Waals surface area contributed by atoms with Crippen LogP contribution in [0.25, 0.3) is 11.5 Å². The molecule has 0 bridgehead atoms. The molecule has 1 aliphatic rings. The Morgan fingerprint density at radius 3 is 2.39 bits per heavy atom. The lowest BCUT2D eigenvalue weighted by Gasteiger charge is -2.18. The number of amides is 1. The first kappa shape index (κ1) is 21.3. The van der Waals surface area contributed by atoms with Crippen LogP contribution in [-0.2, 0) is 10.2 Å². The van der Waals surface area contributed by atoms with Crippen LogP contribution in [0.2, 0.25) is 0 Å². The van der Waals surface area contributed by atoms with Crippen molar-refractivity contribution in [2.75, 3.05) is 17.2 Å². The molecule has 4 rings (SSSR count). The van der Waals surface area contributed by atoms with Crippen molar-refractivity contribution in [3.05, 3.63) is 59.7 Å². The molecule has 0 spiro atoms. The van der Waals surface area contributed by atoms with Crippen molar-refractivity contribution >= 4 is 29.1 Å². The topological polar surface area (TPSA) is 76.3 Å². The van der Waals surface area contributed by atoms with Gasteiger partial charge in [0, 0.05) is 29.8 Å². The maximum Gasteiger partial charge on any atom is 0.277 e. The molecule has 0 aliphatic carbocycles. The minimum absolute atomic E-state index is 0.0291. The first-order valence-corrected chi connectivity index (χ1v) is 11.3. The van der Waals surface area contributed by atoms with Crippen molar-refractivity contribution in [3.8, 4) is 11.5 Å². The van der Waals surface area contributed by atoms with E-state index in [4.69, 9.17) is 4.42 Å². The molecule has 7 heteroatoms. The minimum Gasteiger partial charge on any atom is -0.411 e. The zero-order valence-electron chi connectivity index (χ0n) is 17.9. The molecule has 2 heterocycles. The molecule has 3 aromatic rings. The van der Waals surface area contributed by atoms with Gasteiger partial charge in [-0.25, -0.2) is 0 Å². The number of thioether (sulfide) groups is 1. The molecule has 1 fully saturated rings. The Hall–Kier alpha value is -2.93.